The topological polar surface area (TPSA) is 35.5 Å². The highest BCUT2D eigenvalue weighted by Crippen LogP contribution is 2.32. The molecule has 1 aliphatic heterocycles. The first kappa shape index (κ1) is 13.2. The summed E-state index contributed by atoms with van der Waals surface area (Å²) in [6.07, 6.45) is 3.33. The molecule has 2 aromatic rings. The van der Waals surface area contributed by atoms with E-state index in [1.165, 1.54) is 6.08 Å². The average Bonchev–Trinajstić information content (AvgIpc) is 2.89. The van der Waals surface area contributed by atoms with Crippen molar-refractivity contribution >= 4 is 17.6 Å². The van der Waals surface area contributed by atoms with Gasteiger partial charge in [0.15, 0.2) is 0 Å². The van der Waals surface area contributed by atoms with Gasteiger partial charge in [-0.05, 0) is 17.7 Å². The number of carbonyl (C=O) groups is 1. The molecular formula is C18H14O3. The first-order chi connectivity index (χ1) is 10.3. The monoisotopic (exact) mass is 278 g/mol. The first-order valence-corrected chi connectivity index (χ1v) is 6.62. The summed E-state index contributed by atoms with van der Waals surface area (Å²) in [6.45, 7) is 0. The van der Waals surface area contributed by atoms with Crippen LogP contribution in [0.1, 0.15) is 11.1 Å². The highest BCUT2D eigenvalue weighted by atomic mass is 16.5. The van der Waals surface area contributed by atoms with Gasteiger partial charge in [-0.1, -0.05) is 48.5 Å². The highest BCUT2D eigenvalue weighted by molar-refractivity contribution is 6.03. The Hall–Kier alpha value is -2.81. The van der Waals surface area contributed by atoms with E-state index >= 15 is 0 Å². The normalized spacial score (nSPS) is 15.8. The lowest BCUT2D eigenvalue weighted by Crippen LogP contribution is -1.93. The number of ether oxygens (including phenoxy) is 2. The van der Waals surface area contributed by atoms with E-state index in [4.69, 9.17) is 9.47 Å². The number of para-hydroxylation sites is 1. The maximum Gasteiger partial charge on any atom is 0.336 e. The fraction of sp³-hybridized carbons (Fsp3) is 0.0556. The second kappa shape index (κ2) is 5.67. The van der Waals surface area contributed by atoms with Crippen LogP contribution in [0.5, 0.6) is 5.75 Å². The summed E-state index contributed by atoms with van der Waals surface area (Å²) in [5.41, 5.74) is 2.60. The number of esters is 1. The van der Waals surface area contributed by atoms with Gasteiger partial charge in [0.1, 0.15) is 11.5 Å². The minimum atomic E-state index is -0.352. The number of benzene rings is 2. The van der Waals surface area contributed by atoms with Gasteiger partial charge in [0.05, 0.1) is 7.11 Å². The van der Waals surface area contributed by atoms with Crippen LogP contribution in [0.3, 0.4) is 0 Å². The largest absolute Gasteiger partial charge is 0.496 e. The third-order valence-corrected chi connectivity index (χ3v) is 3.25. The molecule has 3 nitrogen and oxygen atoms in total. The van der Waals surface area contributed by atoms with Crippen LogP contribution in [-0.2, 0) is 9.53 Å². The third kappa shape index (κ3) is 2.72. The van der Waals surface area contributed by atoms with E-state index in [0.717, 1.165) is 22.4 Å². The van der Waals surface area contributed by atoms with E-state index in [0.29, 0.717) is 5.76 Å². The smallest absolute Gasteiger partial charge is 0.336 e. The van der Waals surface area contributed by atoms with E-state index in [1.54, 1.807) is 7.11 Å². The van der Waals surface area contributed by atoms with Gasteiger partial charge in [-0.3, -0.25) is 0 Å². The molecule has 3 heteroatoms. The van der Waals surface area contributed by atoms with Gasteiger partial charge >= 0.3 is 5.97 Å². The summed E-state index contributed by atoms with van der Waals surface area (Å²) in [5, 5.41) is 0. The molecule has 1 aliphatic rings. The Morgan fingerprint density at radius 2 is 1.71 bits per heavy atom. The van der Waals surface area contributed by atoms with E-state index in [-0.39, 0.29) is 5.97 Å². The van der Waals surface area contributed by atoms with Crippen molar-refractivity contribution in [3.8, 4) is 5.75 Å². The van der Waals surface area contributed by atoms with Gasteiger partial charge < -0.3 is 9.47 Å². The molecule has 0 bridgehead atoms. The fourth-order valence-corrected chi connectivity index (χ4v) is 2.26. The van der Waals surface area contributed by atoms with Crippen LogP contribution in [-0.4, -0.2) is 13.1 Å². The Labute approximate surface area is 123 Å². The van der Waals surface area contributed by atoms with Gasteiger partial charge in [-0.15, -0.1) is 0 Å². The van der Waals surface area contributed by atoms with E-state index in [1.807, 2.05) is 60.7 Å². The second-order valence-corrected chi connectivity index (χ2v) is 4.60. The Morgan fingerprint density at radius 1 is 1.00 bits per heavy atom. The molecule has 21 heavy (non-hydrogen) atoms. The maximum absolute atomic E-state index is 11.6. The van der Waals surface area contributed by atoms with E-state index in [2.05, 4.69) is 0 Å². The number of carbonyl (C=O) groups excluding carboxylic acids is 1. The number of cyclic esters (lactones) is 1. The molecule has 0 amide bonds. The second-order valence-electron chi connectivity index (χ2n) is 4.60. The average molecular weight is 278 g/mol. The summed E-state index contributed by atoms with van der Waals surface area (Å²) >= 11 is 0. The number of allylic oxidation sites excluding steroid dienone is 1. The molecule has 0 radical (unpaired) electrons. The van der Waals surface area contributed by atoms with Crippen molar-refractivity contribution in [2.24, 2.45) is 0 Å². The first-order valence-electron chi connectivity index (χ1n) is 6.62. The van der Waals surface area contributed by atoms with Crippen LogP contribution >= 0.6 is 0 Å². The number of methoxy groups -OCH3 is 1. The van der Waals surface area contributed by atoms with Crippen molar-refractivity contribution in [2.75, 3.05) is 7.11 Å². The van der Waals surface area contributed by atoms with Crippen molar-refractivity contribution in [1.29, 1.82) is 0 Å². The van der Waals surface area contributed by atoms with E-state index in [9.17, 15) is 4.79 Å². The van der Waals surface area contributed by atoms with Gasteiger partial charge in [0.2, 0.25) is 0 Å². The molecule has 0 fully saturated rings. The molecule has 104 valence electrons. The maximum atomic E-state index is 11.6. The minimum Gasteiger partial charge on any atom is -0.496 e. The molecule has 1 heterocycles. The Bertz CT molecular complexity index is 727. The molecular weight excluding hydrogens is 264 g/mol. The summed E-state index contributed by atoms with van der Waals surface area (Å²) in [7, 11) is 1.62. The number of rotatable bonds is 3. The van der Waals surface area contributed by atoms with Crippen LogP contribution in [0.2, 0.25) is 0 Å². The van der Waals surface area contributed by atoms with Crippen LogP contribution in [0.15, 0.2) is 66.4 Å². The Morgan fingerprint density at radius 3 is 2.48 bits per heavy atom. The van der Waals surface area contributed by atoms with Crippen LogP contribution in [0.25, 0.3) is 11.6 Å². The number of hydrogen-bond acceptors (Lipinski definition) is 3. The zero-order valence-corrected chi connectivity index (χ0v) is 11.6. The predicted molar refractivity (Wildman–Crippen MR) is 81.5 cm³/mol. The molecule has 0 unspecified atom stereocenters. The third-order valence-electron chi connectivity index (χ3n) is 3.25. The Balaban J connectivity index is 2.03. The summed E-state index contributed by atoms with van der Waals surface area (Å²) < 4.78 is 10.6. The van der Waals surface area contributed by atoms with Gasteiger partial charge in [0, 0.05) is 17.2 Å². The molecule has 0 saturated carbocycles. The summed E-state index contributed by atoms with van der Waals surface area (Å²) in [4.78, 5) is 11.6. The molecule has 0 saturated heterocycles. The van der Waals surface area contributed by atoms with Crippen LogP contribution in [0, 0.1) is 0 Å². The fourth-order valence-electron chi connectivity index (χ4n) is 2.26. The molecule has 0 aromatic heterocycles. The van der Waals surface area contributed by atoms with Crippen LogP contribution < -0.4 is 4.74 Å². The van der Waals surface area contributed by atoms with Crippen molar-refractivity contribution in [2.45, 2.75) is 0 Å². The lowest BCUT2D eigenvalue weighted by atomic mass is 10.0. The zero-order chi connectivity index (χ0) is 14.7. The lowest BCUT2D eigenvalue weighted by Gasteiger charge is -2.07. The zero-order valence-electron chi connectivity index (χ0n) is 11.6. The van der Waals surface area contributed by atoms with Crippen molar-refractivity contribution in [3.63, 3.8) is 0 Å². The van der Waals surface area contributed by atoms with Crippen molar-refractivity contribution in [3.05, 3.63) is 77.6 Å². The van der Waals surface area contributed by atoms with Crippen molar-refractivity contribution in [1.82, 2.24) is 0 Å². The molecule has 0 N–H and O–H groups in total. The molecule has 2 aromatic carbocycles. The van der Waals surface area contributed by atoms with Gasteiger partial charge in [-0.2, -0.15) is 0 Å². The lowest BCUT2D eigenvalue weighted by molar-refractivity contribution is -0.132. The van der Waals surface area contributed by atoms with Crippen molar-refractivity contribution < 1.29 is 14.3 Å². The van der Waals surface area contributed by atoms with Gasteiger partial charge in [-0.25, -0.2) is 4.79 Å². The minimum absolute atomic E-state index is 0.352. The Kier molecular flexibility index (Phi) is 3.56. The standard InChI is InChI=1S/C18H14O3/c1-20-16-10-6-5-9-14(16)11-17-15(12-18(19)21-17)13-7-3-2-4-8-13/h2-12H,1H3. The molecule has 3 rings (SSSR count). The quantitative estimate of drug-likeness (QED) is 0.803. The predicted octanol–water partition coefficient (Wildman–Crippen LogP) is 3.68. The molecule has 0 spiro atoms. The SMILES string of the molecule is COc1ccccc1C=C1OC(=O)C=C1c1ccccc1. The summed E-state index contributed by atoms with van der Waals surface area (Å²) in [5.74, 6) is 0.922. The summed E-state index contributed by atoms with van der Waals surface area (Å²) in [6, 6.07) is 17.3. The van der Waals surface area contributed by atoms with E-state index < -0.39 is 0 Å². The van der Waals surface area contributed by atoms with Crippen LogP contribution in [0.4, 0.5) is 0 Å². The number of hydrogen-bond donors (Lipinski definition) is 0. The molecule has 0 aliphatic carbocycles. The molecule has 0 atom stereocenters. The highest BCUT2D eigenvalue weighted by Gasteiger charge is 2.21. The van der Waals surface area contributed by atoms with Gasteiger partial charge in [0.25, 0.3) is 0 Å².